The molecule has 4 nitrogen and oxygen atoms in total. The van der Waals surface area contributed by atoms with Gasteiger partial charge in [0.25, 0.3) is 0 Å². The third kappa shape index (κ3) is 3.00. The first-order valence-electron chi connectivity index (χ1n) is 12.4. The van der Waals surface area contributed by atoms with Crippen molar-refractivity contribution in [1.82, 2.24) is 14.7 Å². The molecule has 4 heteroatoms. The van der Waals surface area contributed by atoms with Crippen LogP contribution in [0.1, 0.15) is 50.3 Å². The SMILES string of the molecule is C=C(C(C)CN1C[C@@H]2CC1C(O)N2C1c2ccccc2-c2ccccc21)N1CCCC1C. The smallest absolute Gasteiger partial charge is 0.124 e. The van der Waals surface area contributed by atoms with Gasteiger partial charge in [-0.2, -0.15) is 0 Å². The highest BCUT2D eigenvalue weighted by atomic mass is 16.3. The van der Waals surface area contributed by atoms with Crippen LogP contribution in [-0.4, -0.2) is 63.8 Å². The minimum atomic E-state index is -0.427. The van der Waals surface area contributed by atoms with Gasteiger partial charge in [0, 0.05) is 43.3 Å². The predicted octanol–water partition coefficient (Wildman–Crippen LogP) is 4.47. The molecule has 1 N–H and O–H groups in total. The highest BCUT2D eigenvalue weighted by molar-refractivity contribution is 5.78. The van der Waals surface area contributed by atoms with Crippen LogP contribution in [0.15, 0.2) is 60.8 Å². The van der Waals surface area contributed by atoms with Gasteiger partial charge < -0.3 is 10.0 Å². The molecule has 4 aliphatic rings. The number of piperazine rings is 1. The van der Waals surface area contributed by atoms with Gasteiger partial charge in [-0.15, -0.1) is 0 Å². The van der Waals surface area contributed by atoms with E-state index in [-0.39, 0.29) is 12.1 Å². The molecule has 2 aromatic rings. The number of rotatable bonds is 5. The first kappa shape index (κ1) is 20.5. The fraction of sp³-hybridized carbons (Fsp3) is 0.500. The van der Waals surface area contributed by atoms with E-state index in [0.29, 0.717) is 18.0 Å². The van der Waals surface area contributed by atoms with Gasteiger partial charge in [-0.05, 0) is 48.4 Å². The second kappa shape index (κ2) is 7.72. The zero-order chi connectivity index (χ0) is 22.0. The first-order chi connectivity index (χ1) is 15.5. The number of hydrogen-bond acceptors (Lipinski definition) is 4. The Balaban J connectivity index is 1.21. The van der Waals surface area contributed by atoms with E-state index in [1.807, 2.05) is 0 Å². The van der Waals surface area contributed by atoms with E-state index in [2.05, 4.69) is 83.7 Å². The van der Waals surface area contributed by atoms with Crippen molar-refractivity contribution in [2.75, 3.05) is 19.6 Å². The Morgan fingerprint density at radius 2 is 1.75 bits per heavy atom. The van der Waals surface area contributed by atoms with Gasteiger partial charge in [0.15, 0.2) is 0 Å². The van der Waals surface area contributed by atoms with Gasteiger partial charge in [0.2, 0.25) is 0 Å². The minimum Gasteiger partial charge on any atom is -0.377 e. The zero-order valence-corrected chi connectivity index (χ0v) is 19.3. The number of benzene rings is 2. The molecule has 3 aliphatic heterocycles. The zero-order valence-electron chi connectivity index (χ0n) is 19.3. The van der Waals surface area contributed by atoms with Crippen LogP contribution in [0.4, 0.5) is 0 Å². The molecule has 0 amide bonds. The molecule has 3 heterocycles. The average molecular weight is 430 g/mol. The lowest BCUT2D eigenvalue weighted by Gasteiger charge is -2.43. The number of aliphatic hydroxyl groups excluding tert-OH is 1. The van der Waals surface area contributed by atoms with Crippen molar-refractivity contribution in [3.8, 4) is 11.1 Å². The van der Waals surface area contributed by atoms with E-state index in [1.54, 1.807) is 0 Å². The Bertz CT molecular complexity index is 987. The molecule has 3 saturated heterocycles. The van der Waals surface area contributed by atoms with Crippen molar-refractivity contribution >= 4 is 0 Å². The van der Waals surface area contributed by atoms with E-state index in [9.17, 15) is 5.11 Å². The van der Waals surface area contributed by atoms with E-state index in [0.717, 1.165) is 26.1 Å². The molecule has 0 spiro atoms. The normalized spacial score (nSPS) is 30.7. The van der Waals surface area contributed by atoms with Crippen molar-refractivity contribution in [2.24, 2.45) is 5.92 Å². The molecule has 4 unspecified atom stereocenters. The Morgan fingerprint density at radius 1 is 1.09 bits per heavy atom. The molecule has 2 aromatic carbocycles. The summed E-state index contributed by atoms with van der Waals surface area (Å²) >= 11 is 0. The van der Waals surface area contributed by atoms with Gasteiger partial charge in [0.1, 0.15) is 6.23 Å². The molecular weight excluding hydrogens is 394 g/mol. The molecule has 6 rings (SSSR count). The minimum absolute atomic E-state index is 0.160. The molecule has 168 valence electrons. The van der Waals surface area contributed by atoms with Crippen LogP contribution < -0.4 is 0 Å². The molecule has 5 atom stereocenters. The average Bonchev–Trinajstić information content (AvgIpc) is 3.55. The van der Waals surface area contributed by atoms with Crippen LogP contribution in [-0.2, 0) is 0 Å². The van der Waals surface area contributed by atoms with Gasteiger partial charge in [-0.3, -0.25) is 9.80 Å². The lowest BCUT2D eigenvalue weighted by Crippen LogP contribution is -2.55. The second-order valence-corrected chi connectivity index (χ2v) is 10.4. The van der Waals surface area contributed by atoms with Crippen molar-refractivity contribution < 1.29 is 5.11 Å². The molecule has 0 radical (unpaired) electrons. The molecule has 1 aliphatic carbocycles. The van der Waals surface area contributed by atoms with Crippen LogP contribution >= 0.6 is 0 Å². The largest absolute Gasteiger partial charge is 0.377 e. The van der Waals surface area contributed by atoms with Crippen molar-refractivity contribution in [3.63, 3.8) is 0 Å². The van der Waals surface area contributed by atoms with Crippen LogP contribution in [0.5, 0.6) is 0 Å². The Labute approximate surface area is 192 Å². The topological polar surface area (TPSA) is 30.0 Å². The summed E-state index contributed by atoms with van der Waals surface area (Å²) in [6.45, 7) is 12.3. The molecule has 32 heavy (non-hydrogen) atoms. The summed E-state index contributed by atoms with van der Waals surface area (Å²) in [5.74, 6) is 0.420. The Hall–Kier alpha value is -2.14. The number of aliphatic hydroxyl groups is 1. The summed E-state index contributed by atoms with van der Waals surface area (Å²) in [4.78, 5) is 7.46. The molecule has 0 saturated carbocycles. The van der Waals surface area contributed by atoms with E-state index >= 15 is 0 Å². The van der Waals surface area contributed by atoms with Crippen LogP contribution in [0, 0.1) is 5.92 Å². The highest BCUT2D eigenvalue weighted by Crippen LogP contribution is 2.51. The lowest BCUT2D eigenvalue weighted by atomic mass is 10.0. The fourth-order valence-corrected chi connectivity index (χ4v) is 6.97. The standard InChI is InChI=1S/C28H35N3O/c1-18(20(3)30-14-8-9-19(30)2)16-29-17-21-15-26(29)28(32)31(21)27-24-12-6-4-10-22(24)23-11-5-7-13-25(23)27/h4-7,10-13,18-19,21,26-28,32H,3,8-9,14-17H2,1-2H3/t18?,19?,21-,26?,28?/m0/s1. The number of likely N-dealkylation sites (tertiary alicyclic amines) is 3. The van der Waals surface area contributed by atoms with Crippen LogP contribution in [0.25, 0.3) is 11.1 Å². The maximum Gasteiger partial charge on any atom is 0.124 e. The maximum absolute atomic E-state index is 11.5. The van der Waals surface area contributed by atoms with Crippen molar-refractivity contribution in [2.45, 2.75) is 63.5 Å². The molecular formula is C28H35N3O. The van der Waals surface area contributed by atoms with Crippen LogP contribution in [0.3, 0.4) is 0 Å². The summed E-state index contributed by atoms with van der Waals surface area (Å²) < 4.78 is 0. The summed E-state index contributed by atoms with van der Waals surface area (Å²) in [6, 6.07) is 18.9. The maximum atomic E-state index is 11.5. The molecule has 2 bridgehead atoms. The van der Waals surface area contributed by atoms with Crippen LogP contribution in [0.2, 0.25) is 0 Å². The Kier molecular flexibility index (Phi) is 4.94. The van der Waals surface area contributed by atoms with E-state index in [1.165, 1.54) is 40.8 Å². The number of hydrogen-bond donors (Lipinski definition) is 1. The summed E-state index contributed by atoms with van der Waals surface area (Å²) in [5, 5.41) is 11.5. The quantitative estimate of drug-likeness (QED) is 0.760. The van der Waals surface area contributed by atoms with Gasteiger partial charge in [-0.25, -0.2) is 0 Å². The highest BCUT2D eigenvalue weighted by Gasteiger charge is 2.53. The third-order valence-corrected chi connectivity index (χ3v) is 8.60. The first-order valence-corrected chi connectivity index (χ1v) is 12.4. The molecule has 3 fully saturated rings. The molecule has 0 aromatic heterocycles. The third-order valence-electron chi connectivity index (χ3n) is 8.60. The van der Waals surface area contributed by atoms with Crippen molar-refractivity contribution in [3.05, 3.63) is 71.9 Å². The second-order valence-electron chi connectivity index (χ2n) is 10.4. The summed E-state index contributed by atoms with van der Waals surface area (Å²) in [6.07, 6.45) is 3.18. The van der Waals surface area contributed by atoms with Gasteiger partial charge >= 0.3 is 0 Å². The fourth-order valence-electron chi connectivity index (χ4n) is 6.97. The van der Waals surface area contributed by atoms with Gasteiger partial charge in [0.05, 0.1) is 12.1 Å². The number of nitrogens with zero attached hydrogens (tertiary/aromatic N) is 3. The number of fused-ring (bicyclic) bond motifs is 5. The Morgan fingerprint density at radius 3 is 2.34 bits per heavy atom. The monoisotopic (exact) mass is 429 g/mol. The lowest BCUT2D eigenvalue weighted by molar-refractivity contribution is -0.0759. The summed E-state index contributed by atoms with van der Waals surface area (Å²) in [5.41, 5.74) is 6.62. The van der Waals surface area contributed by atoms with E-state index < -0.39 is 6.23 Å². The van der Waals surface area contributed by atoms with Crippen molar-refractivity contribution in [1.29, 1.82) is 0 Å². The predicted molar refractivity (Wildman–Crippen MR) is 129 cm³/mol. The summed E-state index contributed by atoms with van der Waals surface area (Å²) in [7, 11) is 0. The van der Waals surface area contributed by atoms with Gasteiger partial charge in [-0.1, -0.05) is 62.0 Å². The van der Waals surface area contributed by atoms with E-state index in [4.69, 9.17) is 0 Å².